The SMILES string of the molecule is CC=C(C=C(COc1ccccc1)C(C)(C)C)OC.C[SiH](C)[Ti][CH]1C=Cc2ccccc21. The molecule has 0 heterocycles. The molecule has 3 rings (SSSR count). The van der Waals surface area contributed by atoms with Crippen LogP contribution in [-0.2, 0) is 23.1 Å². The molecule has 0 saturated carbocycles. The van der Waals surface area contributed by atoms with Crippen LogP contribution in [0.15, 0.2) is 84.2 Å². The van der Waals surface area contributed by atoms with Crippen LogP contribution < -0.4 is 4.74 Å². The molecule has 0 amide bonds. The van der Waals surface area contributed by atoms with Gasteiger partial charge in [-0.1, -0.05) is 39.0 Å². The average molecular weight is 483 g/mol. The number of allylic oxidation sites excluding steroid dienone is 3. The van der Waals surface area contributed by atoms with Crippen LogP contribution >= 0.6 is 0 Å². The Kier molecular flexibility index (Phi) is 10.8. The van der Waals surface area contributed by atoms with Crippen LogP contribution in [0.5, 0.6) is 5.75 Å². The van der Waals surface area contributed by atoms with E-state index in [0.717, 1.165) is 15.7 Å². The molecule has 0 radical (unpaired) electrons. The fourth-order valence-corrected chi connectivity index (χ4v) is 9.63. The van der Waals surface area contributed by atoms with Crippen molar-refractivity contribution in [3.63, 3.8) is 0 Å². The summed E-state index contributed by atoms with van der Waals surface area (Å²) in [6.07, 6.45) is 8.75. The van der Waals surface area contributed by atoms with Gasteiger partial charge < -0.3 is 9.47 Å². The van der Waals surface area contributed by atoms with Crippen molar-refractivity contribution in [3.8, 4) is 5.75 Å². The molecule has 32 heavy (non-hydrogen) atoms. The second-order valence-corrected chi connectivity index (χ2v) is 19.8. The van der Waals surface area contributed by atoms with Crippen LogP contribution in [0.1, 0.15) is 43.0 Å². The molecule has 0 aromatic heterocycles. The van der Waals surface area contributed by atoms with E-state index in [1.54, 1.807) is 12.7 Å². The van der Waals surface area contributed by atoms with Crippen LogP contribution in [0.3, 0.4) is 0 Å². The first-order valence-electron chi connectivity index (χ1n) is 11.4. The van der Waals surface area contributed by atoms with Crippen molar-refractivity contribution < 1.29 is 27.9 Å². The predicted octanol–water partition coefficient (Wildman–Crippen LogP) is 7.41. The van der Waals surface area contributed by atoms with Gasteiger partial charge in [0.05, 0.1) is 7.11 Å². The quantitative estimate of drug-likeness (QED) is 0.232. The van der Waals surface area contributed by atoms with Crippen molar-refractivity contribution in [1.82, 2.24) is 0 Å². The number of hydrogen-bond donors (Lipinski definition) is 0. The zero-order valence-electron chi connectivity index (χ0n) is 20.7. The van der Waals surface area contributed by atoms with Crippen LogP contribution in [0, 0.1) is 5.41 Å². The van der Waals surface area contributed by atoms with Gasteiger partial charge in [-0.25, -0.2) is 0 Å². The predicted molar refractivity (Wildman–Crippen MR) is 137 cm³/mol. The number of para-hydroxylation sites is 1. The summed E-state index contributed by atoms with van der Waals surface area (Å²) in [7, 11) is 1.68. The Morgan fingerprint density at radius 2 is 1.69 bits per heavy atom. The molecule has 2 aromatic carbocycles. The summed E-state index contributed by atoms with van der Waals surface area (Å²) in [6.45, 7) is 13.7. The second kappa shape index (κ2) is 13.0. The van der Waals surface area contributed by atoms with Gasteiger partial charge in [0.15, 0.2) is 0 Å². The Morgan fingerprint density at radius 1 is 1.03 bits per heavy atom. The Bertz CT molecular complexity index is 924. The van der Waals surface area contributed by atoms with Crippen LogP contribution in [0.2, 0.25) is 13.1 Å². The topological polar surface area (TPSA) is 18.5 Å². The number of benzene rings is 2. The van der Waals surface area contributed by atoms with Crippen molar-refractivity contribution in [2.75, 3.05) is 13.7 Å². The van der Waals surface area contributed by atoms with Gasteiger partial charge in [0, 0.05) is 0 Å². The van der Waals surface area contributed by atoms with E-state index in [2.05, 4.69) is 76.4 Å². The molecule has 1 atom stereocenters. The molecule has 1 unspecified atom stereocenters. The number of ether oxygens (including phenoxy) is 2. The van der Waals surface area contributed by atoms with E-state index in [-0.39, 0.29) is 12.1 Å². The normalized spacial score (nSPS) is 15.7. The monoisotopic (exact) mass is 482 g/mol. The van der Waals surface area contributed by atoms with E-state index < -0.39 is 0 Å². The third-order valence-corrected chi connectivity index (χ3v) is 11.9. The Balaban J connectivity index is 0.000000242. The van der Waals surface area contributed by atoms with Gasteiger partial charge in [0.1, 0.15) is 18.1 Å². The molecular weight excluding hydrogens is 444 g/mol. The van der Waals surface area contributed by atoms with E-state index in [0.29, 0.717) is 25.0 Å². The summed E-state index contributed by atoms with van der Waals surface area (Å²) >= 11 is 0.290. The molecule has 0 N–H and O–H groups in total. The van der Waals surface area contributed by atoms with Crippen molar-refractivity contribution in [2.45, 2.75) is 45.0 Å². The molecule has 0 bridgehead atoms. The first-order valence-corrected chi connectivity index (χ1v) is 17.9. The van der Waals surface area contributed by atoms with Crippen molar-refractivity contribution >= 4 is 12.7 Å². The number of methoxy groups -OCH3 is 1. The van der Waals surface area contributed by atoms with Gasteiger partial charge in [0.2, 0.25) is 0 Å². The van der Waals surface area contributed by atoms with Crippen LogP contribution in [0.25, 0.3) is 6.08 Å². The minimum atomic E-state index is -0.309. The van der Waals surface area contributed by atoms with Gasteiger partial charge in [-0.15, -0.1) is 0 Å². The van der Waals surface area contributed by atoms with Crippen molar-refractivity contribution in [1.29, 1.82) is 0 Å². The molecule has 4 heteroatoms. The minimum absolute atomic E-state index is 0.0432. The Hall–Kier alpha value is -1.81. The van der Waals surface area contributed by atoms with Crippen LogP contribution in [-0.4, -0.2) is 20.4 Å². The third kappa shape index (κ3) is 8.61. The number of hydrogen-bond acceptors (Lipinski definition) is 2. The second-order valence-electron chi connectivity index (χ2n) is 9.20. The van der Waals surface area contributed by atoms with E-state index in [9.17, 15) is 0 Å². The van der Waals surface area contributed by atoms with E-state index >= 15 is 0 Å². The Labute approximate surface area is 205 Å². The Morgan fingerprint density at radius 3 is 2.28 bits per heavy atom. The summed E-state index contributed by atoms with van der Waals surface area (Å²) in [5.41, 5.74) is 4.31. The van der Waals surface area contributed by atoms with E-state index in [4.69, 9.17) is 9.47 Å². The third-order valence-electron chi connectivity index (χ3n) is 5.25. The van der Waals surface area contributed by atoms with Gasteiger partial charge >= 0.3 is 89.9 Å². The van der Waals surface area contributed by atoms with Gasteiger partial charge in [0.25, 0.3) is 0 Å². The zero-order chi connectivity index (χ0) is 23.6. The number of fused-ring (bicyclic) bond motifs is 1. The molecule has 0 fully saturated rings. The summed E-state index contributed by atoms with van der Waals surface area (Å²) < 4.78 is 12.0. The first kappa shape index (κ1) is 26.4. The molecule has 0 aliphatic heterocycles. The van der Waals surface area contributed by atoms with Crippen molar-refractivity contribution in [3.05, 3.63) is 95.3 Å². The maximum absolute atomic E-state index is 5.83. The standard InChI is InChI=1S/C17H24O2.C9H7.C2H7Si.Ti/c1-6-15(18-5)12-14(17(2,3)4)13-19-16-10-8-7-9-11-16;1-2-5-9-7-3-6-8(9)4-1;1-3-2;/h6-12H,13H2,1-5H3;1-7H;3H,1-2H3;. The van der Waals surface area contributed by atoms with Crippen LogP contribution in [0.4, 0.5) is 0 Å². The summed E-state index contributed by atoms with van der Waals surface area (Å²) in [5.74, 6) is 1.75. The van der Waals surface area contributed by atoms with Gasteiger partial charge in [-0.05, 0) is 42.2 Å². The maximum atomic E-state index is 5.83. The number of rotatable bonds is 7. The van der Waals surface area contributed by atoms with Crippen molar-refractivity contribution in [2.24, 2.45) is 5.41 Å². The molecule has 0 saturated heterocycles. The van der Waals surface area contributed by atoms with E-state index in [1.807, 2.05) is 43.3 Å². The molecule has 170 valence electrons. The van der Waals surface area contributed by atoms with Gasteiger partial charge in [-0.2, -0.15) is 0 Å². The molecule has 2 aromatic rings. The molecule has 0 spiro atoms. The van der Waals surface area contributed by atoms with E-state index in [1.165, 1.54) is 11.1 Å². The molecular formula is C28H38O2SiTi. The zero-order valence-corrected chi connectivity index (χ0v) is 23.4. The van der Waals surface area contributed by atoms with Gasteiger partial charge in [-0.3, -0.25) is 0 Å². The average Bonchev–Trinajstić information content (AvgIpc) is 3.16. The molecule has 2 nitrogen and oxygen atoms in total. The molecule has 1 aliphatic carbocycles. The summed E-state index contributed by atoms with van der Waals surface area (Å²) in [4.78, 5) is 0. The summed E-state index contributed by atoms with van der Waals surface area (Å²) in [5, 5.41) is 0. The fraction of sp³-hybridized carbons (Fsp3) is 0.357. The molecule has 1 aliphatic rings. The first-order chi connectivity index (χ1) is 15.2. The summed E-state index contributed by atoms with van der Waals surface area (Å²) in [6, 6.07) is 18.7. The fourth-order valence-electron chi connectivity index (χ4n) is 3.34.